The van der Waals surface area contributed by atoms with Gasteiger partial charge in [0.1, 0.15) is 13.2 Å². The number of phosphoric ester groups is 1. The molecule has 67 heavy (non-hydrogen) atoms. The van der Waals surface area contributed by atoms with Gasteiger partial charge in [0.25, 0.3) is 7.82 Å². The summed E-state index contributed by atoms with van der Waals surface area (Å²) >= 11 is 0. The molecule has 0 spiro atoms. The van der Waals surface area contributed by atoms with Gasteiger partial charge in [0.2, 0.25) is 5.91 Å². The molecule has 386 valence electrons. The third-order valence-electron chi connectivity index (χ3n) is 11.6. The highest BCUT2D eigenvalue weighted by Gasteiger charge is 2.24. The number of nitrogens with zero attached hydrogens (tertiary/aromatic N) is 1. The number of quaternary nitrogens is 1. The summed E-state index contributed by atoms with van der Waals surface area (Å²) in [5, 5.41) is 13.8. The SMILES string of the molecule is CC/C=C\C/C=C\C/C=C\C/C=C\C/C=C\C/C=C\C/C=C\C/C=C\CCCCCCCCCCCCCCCCC(=O)NC(COP(=O)([O-])OCC[N+](C)(C)C)C(O)CCCCCCCC. The second kappa shape index (κ2) is 48.4. The predicted octanol–water partition coefficient (Wildman–Crippen LogP) is 15.6. The molecule has 1 amide bonds. The van der Waals surface area contributed by atoms with Gasteiger partial charge in [-0.15, -0.1) is 0 Å². The number of allylic oxidation sites excluding steroid dienone is 16. The quantitative estimate of drug-likeness (QED) is 0.0272. The van der Waals surface area contributed by atoms with Crippen molar-refractivity contribution in [1.29, 1.82) is 0 Å². The lowest BCUT2D eigenvalue weighted by Crippen LogP contribution is -2.46. The number of aliphatic hydroxyl groups excluding tert-OH is 1. The van der Waals surface area contributed by atoms with Crippen LogP contribution in [0.3, 0.4) is 0 Å². The van der Waals surface area contributed by atoms with Gasteiger partial charge in [-0.25, -0.2) is 0 Å². The van der Waals surface area contributed by atoms with Crippen LogP contribution >= 0.6 is 7.82 Å². The van der Waals surface area contributed by atoms with Crippen LogP contribution in [0.15, 0.2) is 97.2 Å². The molecule has 0 saturated heterocycles. The average molecular weight is 955 g/mol. The number of carbonyl (C=O) groups is 1. The van der Waals surface area contributed by atoms with E-state index in [9.17, 15) is 19.4 Å². The van der Waals surface area contributed by atoms with Crippen LogP contribution in [0.1, 0.15) is 213 Å². The molecule has 0 aromatic rings. The Morgan fingerprint density at radius 2 is 0.910 bits per heavy atom. The lowest BCUT2D eigenvalue weighted by molar-refractivity contribution is -0.870. The molecule has 0 fully saturated rings. The maximum atomic E-state index is 12.8. The Balaban J connectivity index is 3.87. The molecule has 0 aliphatic heterocycles. The first-order valence-electron chi connectivity index (χ1n) is 27.1. The summed E-state index contributed by atoms with van der Waals surface area (Å²) in [7, 11) is 1.29. The molecule has 0 aromatic heterocycles. The molecule has 0 aromatic carbocycles. The maximum absolute atomic E-state index is 12.8. The summed E-state index contributed by atoms with van der Waals surface area (Å²) in [6.07, 6.45) is 69.1. The second-order valence-electron chi connectivity index (χ2n) is 19.2. The molecule has 0 heterocycles. The Bertz CT molecular complexity index is 1410. The fraction of sp³-hybridized carbons (Fsp3) is 0.707. The van der Waals surface area contributed by atoms with Crippen molar-refractivity contribution in [2.75, 3.05) is 40.9 Å². The van der Waals surface area contributed by atoms with Gasteiger partial charge < -0.3 is 28.8 Å². The van der Waals surface area contributed by atoms with Gasteiger partial charge in [-0.2, -0.15) is 0 Å². The van der Waals surface area contributed by atoms with Crippen molar-refractivity contribution < 1.29 is 32.9 Å². The van der Waals surface area contributed by atoms with Crippen molar-refractivity contribution >= 4 is 13.7 Å². The normalized spacial score (nSPS) is 14.8. The van der Waals surface area contributed by atoms with E-state index in [0.29, 0.717) is 23.9 Å². The van der Waals surface area contributed by atoms with E-state index in [1.165, 1.54) is 96.3 Å². The molecule has 0 aliphatic rings. The van der Waals surface area contributed by atoms with Crippen LogP contribution in [0.5, 0.6) is 0 Å². The standard InChI is InChI=1S/C58H103N2O6P/c1-6-8-10-12-14-15-16-17-18-19-20-21-22-23-24-25-26-27-28-29-30-31-32-33-34-35-36-37-38-39-40-41-42-43-44-45-46-48-50-52-58(62)59-56(57(61)51-49-47-13-11-9-7-2)55-66-67(63,64)65-54-53-60(3,4)5/h8,10,14-15,17-18,20-21,23-24,26-27,29-30,32-33,56-57,61H,6-7,9,11-13,16,19,22,25,28,31,34-55H2,1-5H3,(H-,59,62,63,64)/b10-8-,15-14-,18-17-,21-20-,24-23-,27-26-,30-29-,33-32-. The van der Waals surface area contributed by atoms with E-state index in [2.05, 4.69) is 116 Å². The zero-order valence-corrected chi connectivity index (χ0v) is 44.7. The fourth-order valence-electron chi connectivity index (χ4n) is 7.35. The first kappa shape index (κ1) is 64.4. The van der Waals surface area contributed by atoms with Crippen molar-refractivity contribution in [2.45, 2.75) is 225 Å². The van der Waals surface area contributed by atoms with Gasteiger partial charge in [0.15, 0.2) is 0 Å². The largest absolute Gasteiger partial charge is 0.756 e. The van der Waals surface area contributed by atoms with Crippen LogP contribution < -0.4 is 10.2 Å². The smallest absolute Gasteiger partial charge is 0.268 e. The molecule has 0 saturated carbocycles. The first-order valence-corrected chi connectivity index (χ1v) is 28.5. The Morgan fingerprint density at radius 3 is 1.33 bits per heavy atom. The van der Waals surface area contributed by atoms with E-state index in [0.717, 1.165) is 89.9 Å². The Morgan fingerprint density at radius 1 is 0.537 bits per heavy atom. The fourth-order valence-corrected chi connectivity index (χ4v) is 8.07. The summed E-state index contributed by atoms with van der Waals surface area (Å²) in [4.78, 5) is 25.2. The third kappa shape index (κ3) is 51.1. The van der Waals surface area contributed by atoms with E-state index in [1.54, 1.807) is 0 Å². The van der Waals surface area contributed by atoms with E-state index in [-0.39, 0.29) is 19.1 Å². The predicted molar refractivity (Wildman–Crippen MR) is 288 cm³/mol. The number of amides is 1. The molecular formula is C58H103N2O6P. The number of phosphoric acid groups is 1. The number of nitrogens with one attached hydrogen (secondary N) is 1. The summed E-state index contributed by atoms with van der Waals surface area (Å²) in [6, 6.07) is -0.801. The summed E-state index contributed by atoms with van der Waals surface area (Å²) < 4.78 is 23.2. The number of likely N-dealkylation sites (N-methyl/N-ethyl adjacent to an activating group) is 1. The van der Waals surface area contributed by atoms with Crippen LogP contribution in [0.4, 0.5) is 0 Å². The molecule has 0 radical (unpaired) electrons. The van der Waals surface area contributed by atoms with Gasteiger partial charge in [0.05, 0.1) is 39.9 Å². The van der Waals surface area contributed by atoms with Crippen molar-refractivity contribution in [3.8, 4) is 0 Å². The monoisotopic (exact) mass is 955 g/mol. The van der Waals surface area contributed by atoms with Crippen LogP contribution in [0, 0.1) is 0 Å². The number of aliphatic hydroxyl groups is 1. The van der Waals surface area contributed by atoms with Gasteiger partial charge >= 0.3 is 0 Å². The lowest BCUT2D eigenvalue weighted by atomic mass is 10.0. The van der Waals surface area contributed by atoms with Crippen molar-refractivity contribution in [3.63, 3.8) is 0 Å². The molecular weight excluding hydrogens is 852 g/mol. The van der Waals surface area contributed by atoms with Gasteiger partial charge in [-0.1, -0.05) is 227 Å². The molecule has 2 N–H and O–H groups in total. The molecule has 9 heteroatoms. The minimum Gasteiger partial charge on any atom is -0.756 e. The zero-order valence-electron chi connectivity index (χ0n) is 43.8. The summed E-state index contributed by atoms with van der Waals surface area (Å²) in [6.45, 7) is 4.52. The van der Waals surface area contributed by atoms with Gasteiger partial charge in [-0.3, -0.25) is 9.36 Å². The highest BCUT2D eigenvalue weighted by molar-refractivity contribution is 7.45. The highest BCUT2D eigenvalue weighted by atomic mass is 31.2. The van der Waals surface area contributed by atoms with Crippen molar-refractivity contribution in [1.82, 2.24) is 5.32 Å². The number of hydrogen-bond donors (Lipinski definition) is 2. The van der Waals surface area contributed by atoms with E-state index in [4.69, 9.17) is 9.05 Å². The van der Waals surface area contributed by atoms with Crippen LogP contribution in [0.2, 0.25) is 0 Å². The Labute approximate surface area is 413 Å². The van der Waals surface area contributed by atoms with E-state index >= 15 is 0 Å². The van der Waals surface area contributed by atoms with E-state index in [1.807, 2.05) is 21.1 Å². The number of carbonyl (C=O) groups excluding carboxylic acids is 1. The van der Waals surface area contributed by atoms with Crippen LogP contribution in [-0.2, 0) is 18.4 Å². The number of rotatable bonds is 48. The molecule has 3 unspecified atom stereocenters. The van der Waals surface area contributed by atoms with Crippen molar-refractivity contribution in [2.24, 2.45) is 0 Å². The highest BCUT2D eigenvalue weighted by Crippen LogP contribution is 2.38. The topological polar surface area (TPSA) is 108 Å². The first-order chi connectivity index (χ1) is 32.5. The molecule has 0 rings (SSSR count). The number of hydrogen-bond acceptors (Lipinski definition) is 6. The van der Waals surface area contributed by atoms with Crippen molar-refractivity contribution in [3.05, 3.63) is 97.2 Å². The molecule has 8 nitrogen and oxygen atoms in total. The summed E-state index contributed by atoms with van der Waals surface area (Å²) in [5.41, 5.74) is 0. The Hall–Kier alpha value is -2.58. The lowest BCUT2D eigenvalue weighted by Gasteiger charge is -2.30. The molecule has 0 aliphatic carbocycles. The second-order valence-corrected chi connectivity index (χ2v) is 20.6. The third-order valence-corrected chi connectivity index (χ3v) is 12.6. The zero-order chi connectivity index (χ0) is 49.2. The average Bonchev–Trinajstić information content (AvgIpc) is 3.29. The minimum absolute atomic E-state index is 0.00835. The maximum Gasteiger partial charge on any atom is 0.268 e. The minimum atomic E-state index is -4.56. The summed E-state index contributed by atoms with van der Waals surface area (Å²) in [5.74, 6) is -0.175. The van der Waals surface area contributed by atoms with Crippen LogP contribution in [-0.4, -0.2) is 68.5 Å². The van der Waals surface area contributed by atoms with Gasteiger partial charge in [-0.05, 0) is 77.0 Å². The molecule has 0 bridgehead atoms. The Kier molecular flexibility index (Phi) is 46.6. The van der Waals surface area contributed by atoms with Crippen LogP contribution in [0.25, 0.3) is 0 Å². The van der Waals surface area contributed by atoms with E-state index < -0.39 is 20.0 Å². The van der Waals surface area contributed by atoms with Gasteiger partial charge in [0, 0.05) is 6.42 Å². The number of unbranched alkanes of at least 4 members (excludes halogenated alkanes) is 19. The molecule has 3 atom stereocenters.